The molecule has 1 fully saturated rings. The van der Waals surface area contributed by atoms with Crippen molar-refractivity contribution in [2.45, 2.75) is 31.0 Å². The molecule has 0 aliphatic carbocycles. The molecule has 0 radical (unpaired) electrons. The fourth-order valence-corrected chi connectivity index (χ4v) is 2.02. The van der Waals surface area contributed by atoms with Crippen LogP contribution in [0, 0.1) is 0 Å². The molecule has 17 heavy (non-hydrogen) atoms. The predicted octanol–water partition coefficient (Wildman–Crippen LogP) is -0.668. The van der Waals surface area contributed by atoms with E-state index in [9.17, 15) is 14.3 Å². The highest BCUT2D eigenvalue weighted by molar-refractivity contribution is 5.76. The second-order valence-electron chi connectivity index (χ2n) is 4.28. The van der Waals surface area contributed by atoms with Crippen LogP contribution in [-0.4, -0.2) is 58.4 Å². The molecule has 6 nitrogen and oxygen atoms in total. The summed E-state index contributed by atoms with van der Waals surface area (Å²) in [6.07, 6.45) is -0.697. The van der Waals surface area contributed by atoms with E-state index in [1.807, 2.05) is 0 Å². The van der Waals surface area contributed by atoms with E-state index in [2.05, 4.69) is 5.32 Å². The summed E-state index contributed by atoms with van der Waals surface area (Å²) < 4.78 is 19.5. The number of rotatable bonds is 2. The summed E-state index contributed by atoms with van der Waals surface area (Å²) >= 11 is 0. The van der Waals surface area contributed by atoms with Gasteiger partial charge in [0.25, 0.3) is 0 Å². The van der Waals surface area contributed by atoms with Crippen LogP contribution in [0.3, 0.4) is 0 Å². The molecule has 2 rings (SSSR count). The number of halogens is 1. The van der Waals surface area contributed by atoms with Gasteiger partial charge in [0.15, 0.2) is 11.9 Å². The highest BCUT2D eigenvalue weighted by Gasteiger charge is 2.56. The lowest BCUT2D eigenvalue weighted by Crippen LogP contribution is -2.54. The van der Waals surface area contributed by atoms with Gasteiger partial charge < -0.3 is 20.3 Å². The first-order valence-corrected chi connectivity index (χ1v) is 5.34. The Hall–Kier alpha value is -1.18. The number of urea groups is 1. The molecule has 0 spiro atoms. The number of hydrogen-bond acceptors (Lipinski definition) is 4. The van der Waals surface area contributed by atoms with Crippen LogP contribution in [0.2, 0.25) is 0 Å². The number of amides is 2. The zero-order valence-corrected chi connectivity index (χ0v) is 9.34. The van der Waals surface area contributed by atoms with Crippen LogP contribution in [0.15, 0.2) is 12.3 Å². The zero-order chi connectivity index (χ0) is 12.6. The SMILES string of the molecule is C[C@@]1(F)[C@H](O)[C@@H](CO)O[C@H]1N1C=CCNC1=O. The molecule has 0 unspecified atom stereocenters. The molecule has 1 saturated heterocycles. The molecule has 7 heteroatoms. The number of ether oxygens (including phenoxy) is 1. The molecule has 2 aliphatic rings. The monoisotopic (exact) mass is 246 g/mol. The van der Waals surface area contributed by atoms with Crippen molar-refractivity contribution < 1.29 is 24.1 Å². The molecule has 0 saturated carbocycles. The van der Waals surface area contributed by atoms with Gasteiger partial charge in [-0.05, 0) is 13.0 Å². The van der Waals surface area contributed by atoms with Crippen molar-refractivity contribution in [1.29, 1.82) is 0 Å². The summed E-state index contributed by atoms with van der Waals surface area (Å²) in [4.78, 5) is 12.6. The molecule has 4 atom stereocenters. The van der Waals surface area contributed by atoms with Crippen LogP contribution in [0.4, 0.5) is 9.18 Å². The third-order valence-corrected chi connectivity index (χ3v) is 3.02. The van der Waals surface area contributed by atoms with E-state index in [-0.39, 0.29) is 0 Å². The molecule has 0 aromatic carbocycles. The van der Waals surface area contributed by atoms with Gasteiger partial charge in [-0.25, -0.2) is 9.18 Å². The van der Waals surface area contributed by atoms with E-state index in [1.54, 1.807) is 6.08 Å². The smallest absolute Gasteiger partial charge is 0.323 e. The quantitative estimate of drug-likeness (QED) is 0.603. The number of nitrogens with zero attached hydrogens (tertiary/aromatic N) is 1. The first-order valence-electron chi connectivity index (χ1n) is 5.34. The Labute approximate surface area is 97.7 Å². The third-order valence-electron chi connectivity index (χ3n) is 3.02. The lowest BCUT2D eigenvalue weighted by molar-refractivity contribution is -0.0725. The number of hydrogen-bond donors (Lipinski definition) is 3. The maximum Gasteiger partial charge on any atom is 0.323 e. The molecule has 3 N–H and O–H groups in total. The lowest BCUT2D eigenvalue weighted by atomic mass is 9.98. The van der Waals surface area contributed by atoms with Crippen LogP contribution in [0.1, 0.15) is 6.92 Å². The first kappa shape index (κ1) is 12.3. The summed E-state index contributed by atoms with van der Waals surface area (Å²) in [5.74, 6) is 0. The summed E-state index contributed by atoms with van der Waals surface area (Å²) in [6.45, 7) is 1.01. The Morgan fingerprint density at radius 2 is 2.47 bits per heavy atom. The maximum atomic E-state index is 14.3. The van der Waals surface area contributed by atoms with E-state index >= 15 is 0 Å². The molecule has 0 aromatic rings. The fourth-order valence-electron chi connectivity index (χ4n) is 2.02. The number of alkyl halides is 1. The standard InChI is InChI=1S/C10H15FN2O4/c1-10(11)7(15)6(5-14)17-8(10)13-4-2-3-12-9(13)16/h2,4,6-8,14-15H,3,5H2,1H3,(H,12,16)/t6-,7-,8-,10-/m1/s1. The number of aliphatic hydroxyl groups is 2. The minimum Gasteiger partial charge on any atom is -0.394 e. The Morgan fingerprint density at radius 1 is 1.76 bits per heavy atom. The van der Waals surface area contributed by atoms with Gasteiger partial charge in [0, 0.05) is 12.7 Å². The fraction of sp³-hybridized carbons (Fsp3) is 0.700. The van der Waals surface area contributed by atoms with E-state index < -0.39 is 36.7 Å². The molecule has 2 amide bonds. The minimum atomic E-state index is -2.13. The van der Waals surface area contributed by atoms with Gasteiger partial charge in [0.1, 0.15) is 12.2 Å². The summed E-state index contributed by atoms with van der Waals surface area (Å²) in [7, 11) is 0. The second-order valence-corrected chi connectivity index (χ2v) is 4.28. The Morgan fingerprint density at radius 3 is 3.00 bits per heavy atom. The molecule has 2 heterocycles. The molecule has 2 aliphatic heterocycles. The maximum absolute atomic E-state index is 14.3. The van der Waals surface area contributed by atoms with E-state index in [0.717, 1.165) is 11.8 Å². The van der Waals surface area contributed by atoms with Gasteiger partial charge in [-0.1, -0.05) is 0 Å². The number of carbonyl (C=O) groups is 1. The highest BCUT2D eigenvalue weighted by atomic mass is 19.1. The van der Waals surface area contributed by atoms with Crippen LogP contribution in [0.25, 0.3) is 0 Å². The summed E-state index contributed by atoms with van der Waals surface area (Å²) in [5.41, 5.74) is -2.13. The molecule has 0 bridgehead atoms. The van der Waals surface area contributed by atoms with Gasteiger partial charge in [-0.15, -0.1) is 0 Å². The van der Waals surface area contributed by atoms with Gasteiger partial charge >= 0.3 is 6.03 Å². The van der Waals surface area contributed by atoms with Crippen molar-refractivity contribution in [3.8, 4) is 0 Å². The predicted molar refractivity (Wildman–Crippen MR) is 55.6 cm³/mol. The topological polar surface area (TPSA) is 82.0 Å². The van der Waals surface area contributed by atoms with E-state index in [4.69, 9.17) is 9.84 Å². The van der Waals surface area contributed by atoms with E-state index in [0.29, 0.717) is 6.54 Å². The van der Waals surface area contributed by atoms with Crippen molar-refractivity contribution in [2.24, 2.45) is 0 Å². The molecule has 0 aromatic heterocycles. The Bertz CT molecular complexity index is 347. The van der Waals surface area contributed by atoms with Crippen molar-refractivity contribution in [1.82, 2.24) is 10.2 Å². The van der Waals surface area contributed by atoms with Crippen molar-refractivity contribution in [2.75, 3.05) is 13.2 Å². The number of nitrogens with one attached hydrogen (secondary N) is 1. The average Bonchev–Trinajstić information content (AvgIpc) is 2.52. The normalized spacial score (nSPS) is 41.8. The van der Waals surface area contributed by atoms with Crippen LogP contribution in [-0.2, 0) is 4.74 Å². The zero-order valence-electron chi connectivity index (χ0n) is 9.34. The Kier molecular flexibility index (Phi) is 3.07. The van der Waals surface area contributed by atoms with Crippen LogP contribution >= 0.6 is 0 Å². The number of aliphatic hydroxyl groups excluding tert-OH is 2. The molecule has 96 valence electrons. The summed E-state index contributed by atoms with van der Waals surface area (Å²) in [5, 5.41) is 21.1. The largest absolute Gasteiger partial charge is 0.394 e. The lowest BCUT2D eigenvalue weighted by Gasteiger charge is -2.33. The van der Waals surface area contributed by atoms with Crippen molar-refractivity contribution >= 4 is 6.03 Å². The van der Waals surface area contributed by atoms with E-state index in [1.165, 1.54) is 6.20 Å². The van der Waals surface area contributed by atoms with Crippen LogP contribution in [0.5, 0.6) is 0 Å². The van der Waals surface area contributed by atoms with Crippen molar-refractivity contribution in [3.05, 3.63) is 12.3 Å². The van der Waals surface area contributed by atoms with Gasteiger partial charge in [-0.3, -0.25) is 4.90 Å². The second kappa shape index (κ2) is 4.25. The van der Waals surface area contributed by atoms with Crippen molar-refractivity contribution in [3.63, 3.8) is 0 Å². The first-order chi connectivity index (χ1) is 7.98. The van der Waals surface area contributed by atoms with Gasteiger partial charge in [0.05, 0.1) is 6.61 Å². The average molecular weight is 246 g/mol. The molecular weight excluding hydrogens is 231 g/mol. The third kappa shape index (κ3) is 1.90. The molecular formula is C10H15FN2O4. The summed E-state index contributed by atoms with van der Waals surface area (Å²) in [6, 6.07) is -0.493. The number of carbonyl (C=O) groups excluding carboxylic acids is 1. The van der Waals surface area contributed by atoms with Crippen LogP contribution < -0.4 is 5.32 Å². The Balaban J connectivity index is 2.23. The highest BCUT2D eigenvalue weighted by Crippen LogP contribution is 2.36. The minimum absolute atomic E-state index is 0.372. The van der Waals surface area contributed by atoms with Gasteiger partial charge in [-0.2, -0.15) is 0 Å². The van der Waals surface area contributed by atoms with Gasteiger partial charge in [0.2, 0.25) is 0 Å².